The molecule has 3 N–H and O–H groups in total. The van der Waals surface area contributed by atoms with E-state index in [0.29, 0.717) is 25.0 Å². The quantitative estimate of drug-likeness (QED) is 0.677. The van der Waals surface area contributed by atoms with Gasteiger partial charge in [0.2, 0.25) is 5.91 Å². The average Bonchev–Trinajstić information content (AvgIpc) is 2.23. The van der Waals surface area contributed by atoms with Crippen LogP contribution in [-0.4, -0.2) is 31.2 Å². The number of nitrogens with one attached hydrogen (secondary N) is 1. The highest BCUT2D eigenvalue weighted by Gasteiger charge is 2.31. The van der Waals surface area contributed by atoms with Crippen LogP contribution in [0.15, 0.2) is 0 Å². The Morgan fingerprint density at radius 2 is 2.24 bits per heavy atom. The van der Waals surface area contributed by atoms with Crippen LogP contribution in [0.25, 0.3) is 0 Å². The zero-order chi connectivity index (χ0) is 12.7. The van der Waals surface area contributed by atoms with Crippen molar-refractivity contribution >= 4 is 5.91 Å². The second kappa shape index (κ2) is 7.67. The van der Waals surface area contributed by atoms with E-state index in [1.54, 1.807) is 0 Å². The van der Waals surface area contributed by atoms with Crippen molar-refractivity contribution in [1.82, 2.24) is 5.32 Å². The van der Waals surface area contributed by atoms with Gasteiger partial charge >= 0.3 is 0 Å². The summed E-state index contributed by atoms with van der Waals surface area (Å²) in [6.07, 6.45) is 5.06. The summed E-state index contributed by atoms with van der Waals surface area (Å²) in [7, 11) is 0. The van der Waals surface area contributed by atoms with Crippen molar-refractivity contribution in [3.8, 4) is 0 Å². The summed E-state index contributed by atoms with van der Waals surface area (Å²) < 4.78 is 5.48. The Kier molecular flexibility index (Phi) is 6.52. The van der Waals surface area contributed by atoms with E-state index in [4.69, 9.17) is 10.5 Å². The van der Waals surface area contributed by atoms with Gasteiger partial charge in [0.15, 0.2) is 0 Å². The lowest BCUT2D eigenvalue weighted by Gasteiger charge is -2.34. The lowest BCUT2D eigenvalue weighted by molar-refractivity contribution is -0.124. The van der Waals surface area contributed by atoms with Gasteiger partial charge in [-0.05, 0) is 52.0 Å². The Balaban J connectivity index is 2.06. The second-order valence-electron chi connectivity index (χ2n) is 5.02. The summed E-state index contributed by atoms with van der Waals surface area (Å²) in [4.78, 5) is 11.7. The Morgan fingerprint density at radius 1 is 1.53 bits per heavy atom. The number of ether oxygens (including phenoxy) is 1. The SMILES string of the molecule is CCOC1CC(CC(=O)NC(C)CCCN)C1. The summed E-state index contributed by atoms with van der Waals surface area (Å²) in [6.45, 7) is 5.52. The summed E-state index contributed by atoms with van der Waals surface area (Å²) in [5.41, 5.74) is 5.44. The Morgan fingerprint density at radius 3 is 2.82 bits per heavy atom. The molecule has 0 radical (unpaired) electrons. The molecule has 0 bridgehead atoms. The molecule has 0 aliphatic heterocycles. The first-order valence-electron chi connectivity index (χ1n) is 6.76. The third-order valence-electron chi connectivity index (χ3n) is 3.32. The molecule has 100 valence electrons. The molecule has 0 aromatic rings. The highest BCUT2D eigenvalue weighted by molar-refractivity contribution is 5.76. The van der Waals surface area contributed by atoms with Gasteiger partial charge in [0.05, 0.1) is 6.10 Å². The van der Waals surface area contributed by atoms with Crippen molar-refractivity contribution in [1.29, 1.82) is 0 Å². The van der Waals surface area contributed by atoms with Crippen LogP contribution in [0, 0.1) is 5.92 Å². The molecule has 1 atom stereocenters. The zero-order valence-electron chi connectivity index (χ0n) is 11.1. The van der Waals surface area contributed by atoms with Crippen molar-refractivity contribution < 1.29 is 9.53 Å². The third kappa shape index (κ3) is 5.50. The van der Waals surface area contributed by atoms with Gasteiger partial charge < -0.3 is 15.8 Å². The van der Waals surface area contributed by atoms with Crippen molar-refractivity contribution in [2.45, 2.75) is 58.1 Å². The number of carbonyl (C=O) groups excluding carboxylic acids is 1. The standard InChI is InChI=1S/C13H26N2O2/c1-3-17-12-7-11(8-12)9-13(16)15-10(2)5-4-6-14/h10-12H,3-9,14H2,1-2H3,(H,15,16). The van der Waals surface area contributed by atoms with Crippen molar-refractivity contribution in [3.63, 3.8) is 0 Å². The van der Waals surface area contributed by atoms with Gasteiger partial charge in [0.1, 0.15) is 0 Å². The molecule has 0 spiro atoms. The van der Waals surface area contributed by atoms with Crippen LogP contribution in [0.5, 0.6) is 0 Å². The predicted molar refractivity (Wildman–Crippen MR) is 68.6 cm³/mol. The minimum atomic E-state index is 0.175. The Bertz CT molecular complexity index is 227. The molecule has 0 aromatic carbocycles. The van der Waals surface area contributed by atoms with Gasteiger partial charge in [0.25, 0.3) is 0 Å². The van der Waals surface area contributed by atoms with Crippen LogP contribution >= 0.6 is 0 Å². The van der Waals surface area contributed by atoms with E-state index in [2.05, 4.69) is 5.32 Å². The van der Waals surface area contributed by atoms with Gasteiger partial charge in [0, 0.05) is 19.1 Å². The van der Waals surface area contributed by atoms with E-state index < -0.39 is 0 Å². The first kappa shape index (κ1) is 14.5. The van der Waals surface area contributed by atoms with Crippen molar-refractivity contribution in [2.24, 2.45) is 11.7 Å². The smallest absolute Gasteiger partial charge is 0.220 e. The molecule has 0 aromatic heterocycles. The number of hydrogen-bond acceptors (Lipinski definition) is 3. The molecule has 1 amide bonds. The molecule has 1 aliphatic carbocycles. The topological polar surface area (TPSA) is 64.3 Å². The van der Waals surface area contributed by atoms with Crippen LogP contribution in [-0.2, 0) is 9.53 Å². The van der Waals surface area contributed by atoms with Crippen LogP contribution < -0.4 is 11.1 Å². The largest absolute Gasteiger partial charge is 0.378 e. The van der Waals surface area contributed by atoms with Crippen LogP contribution in [0.1, 0.15) is 46.0 Å². The highest BCUT2D eigenvalue weighted by Crippen LogP contribution is 2.32. The van der Waals surface area contributed by atoms with Crippen molar-refractivity contribution in [2.75, 3.05) is 13.2 Å². The molecular formula is C13H26N2O2. The fourth-order valence-corrected chi connectivity index (χ4v) is 2.31. The predicted octanol–water partition coefficient (Wildman–Crippen LogP) is 1.44. The number of nitrogens with two attached hydrogens (primary N) is 1. The van der Waals surface area contributed by atoms with Gasteiger partial charge in [-0.25, -0.2) is 0 Å². The first-order valence-corrected chi connectivity index (χ1v) is 6.76. The lowest BCUT2D eigenvalue weighted by Crippen LogP contribution is -2.38. The molecule has 17 heavy (non-hydrogen) atoms. The molecule has 1 aliphatic rings. The maximum atomic E-state index is 11.7. The minimum absolute atomic E-state index is 0.175. The molecule has 4 heteroatoms. The molecule has 1 saturated carbocycles. The first-order chi connectivity index (χ1) is 8.15. The van der Waals surface area contributed by atoms with E-state index >= 15 is 0 Å². The van der Waals surface area contributed by atoms with Gasteiger partial charge in [-0.15, -0.1) is 0 Å². The average molecular weight is 242 g/mol. The number of rotatable bonds is 8. The van der Waals surface area contributed by atoms with E-state index in [1.807, 2.05) is 13.8 Å². The summed E-state index contributed by atoms with van der Waals surface area (Å²) in [5.74, 6) is 0.697. The van der Waals surface area contributed by atoms with E-state index in [9.17, 15) is 4.79 Å². The third-order valence-corrected chi connectivity index (χ3v) is 3.32. The number of amides is 1. The van der Waals surface area contributed by atoms with Crippen LogP contribution in [0.2, 0.25) is 0 Å². The van der Waals surface area contributed by atoms with Gasteiger partial charge in [-0.1, -0.05) is 0 Å². The molecule has 1 unspecified atom stereocenters. The Labute approximate surface area is 104 Å². The summed E-state index contributed by atoms with van der Waals surface area (Å²) >= 11 is 0. The molecule has 1 rings (SSSR count). The number of hydrogen-bond donors (Lipinski definition) is 2. The zero-order valence-corrected chi connectivity index (χ0v) is 11.1. The van der Waals surface area contributed by atoms with Gasteiger partial charge in [-0.2, -0.15) is 0 Å². The van der Waals surface area contributed by atoms with E-state index in [1.165, 1.54) is 0 Å². The number of carbonyl (C=O) groups is 1. The molecule has 0 saturated heterocycles. The fourth-order valence-electron chi connectivity index (χ4n) is 2.31. The highest BCUT2D eigenvalue weighted by atomic mass is 16.5. The molecule has 4 nitrogen and oxygen atoms in total. The second-order valence-corrected chi connectivity index (χ2v) is 5.02. The summed E-state index contributed by atoms with van der Waals surface area (Å²) in [5, 5.41) is 3.03. The normalized spacial score (nSPS) is 25.1. The fraction of sp³-hybridized carbons (Fsp3) is 0.923. The minimum Gasteiger partial charge on any atom is -0.378 e. The molecular weight excluding hydrogens is 216 g/mol. The van der Waals surface area contributed by atoms with E-state index in [0.717, 1.165) is 32.3 Å². The lowest BCUT2D eigenvalue weighted by atomic mass is 9.80. The Hall–Kier alpha value is -0.610. The monoisotopic (exact) mass is 242 g/mol. The van der Waals surface area contributed by atoms with Gasteiger partial charge in [-0.3, -0.25) is 4.79 Å². The van der Waals surface area contributed by atoms with Crippen LogP contribution in [0.3, 0.4) is 0 Å². The maximum absolute atomic E-state index is 11.7. The van der Waals surface area contributed by atoms with Crippen LogP contribution in [0.4, 0.5) is 0 Å². The summed E-state index contributed by atoms with van der Waals surface area (Å²) in [6, 6.07) is 0.244. The molecule has 1 fully saturated rings. The van der Waals surface area contributed by atoms with Crippen molar-refractivity contribution in [3.05, 3.63) is 0 Å². The molecule has 0 heterocycles. The maximum Gasteiger partial charge on any atom is 0.220 e. The van der Waals surface area contributed by atoms with E-state index in [-0.39, 0.29) is 11.9 Å².